The largest absolute Gasteiger partial charge is 0.483 e. The van der Waals surface area contributed by atoms with Gasteiger partial charge in [0.25, 0.3) is 0 Å². The Bertz CT molecular complexity index is 1060. The van der Waals surface area contributed by atoms with Crippen molar-refractivity contribution in [1.82, 2.24) is 14.8 Å². The predicted octanol–water partition coefficient (Wildman–Crippen LogP) is 4.87. The normalized spacial score (nSPS) is 10.6. The molecule has 9 heteroatoms. The molecule has 3 aromatic rings. The van der Waals surface area contributed by atoms with Crippen LogP contribution < -0.4 is 10.1 Å². The second kappa shape index (κ2) is 10.3. The summed E-state index contributed by atoms with van der Waals surface area (Å²) in [6.45, 7) is 6.10. The Balaban J connectivity index is 1.64. The second-order valence-corrected chi connectivity index (χ2v) is 7.69. The summed E-state index contributed by atoms with van der Waals surface area (Å²) in [5, 5.41) is 12.2. The maximum atomic E-state index is 13.7. The smallest absolute Gasteiger partial charge is 0.234 e. The number of carbonyl (C=O) groups is 1. The number of aryl methyl sites for hydroxylation is 1. The van der Waals surface area contributed by atoms with Gasteiger partial charge >= 0.3 is 0 Å². The van der Waals surface area contributed by atoms with Crippen molar-refractivity contribution in [1.29, 1.82) is 0 Å². The van der Waals surface area contributed by atoms with Crippen molar-refractivity contribution in [2.45, 2.75) is 25.2 Å². The first-order chi connectivity index (χ1) is 14.5. The molecule has 0 saturated carbocycles. The van der Waals surface area contributed by atoms with Gasteiger partial charge in [-0.2, -0.15) is 0 Å². The average molecular weight is 447 g/mol. The highest BCUT2D eigenvalue weighted by molar-refractivity contribution is 7.99. The molecule has 0 aliphatic rings. The van der Waals surface area contributed by atoms with Crippen molar-refractivity contribution in [2.24, 2.45) is 0 Å². The fraction of sp³-hybridized carbons (Fsp3) is 0.190. The molecule has 1 amide bonds. The molecule has 0 spiro atoms. The fourth-order valence-corrected chi connectivity index (χ4v) is 3.53. The van der Waals surface area contributed by atoms with Crippen LogP contribution in [0.3, 0.4) is 0 Å². The molecule has 30 heavy (non-hydrogen) atoms. The van der Waals surface area contributed by atoms with E-state index in [-0.39, 0.29) is 24.0 Å². The number of rotatable bonds is 9. The van der Waals surface area contributed by atoms with Gasteiger partial charge in [-0.3, -0.25) is 9.36 Å². The summed E-state index contributed by atoms with van der Waals surface area (Å²) in [4.78, 5) is 12.4. The number of carbonyl (C=O) groups excluding carboxylic acids is 1. The van der Waals surface area contributed by atoms with E-state index in [1.165, 1.54) is 17.8 Å². The molecular weight excluding hydrogens is 427 g/mol. The lowest BCUT2D eigenvalue weighted by Crippen LogP contribution is -2.15. The number of anilines is 1. The molecule has 2 aromatic carbocycles. The number of benzene rings is 2. The van der Waals surface area contributed by atoms with E-state index in [0.29, 0.717) is 28.2 Å². The lowest BCUT2D eigenvalue weighted by molar-refractivity contribution is -0.113. The summed E-state index contributed by atoms with van der Waals surface area (Å²) in [5.41, 5.74) is 1.58. The number of para-hydroxylation sites is 1. The van der Waals surface area contributed by atoms with Gasteiger partial charge in [-0.15, -0.1) is 16.8 Å². The van der Waals surface area contributed by atoms with Crippen LogP contribution in [-0.4, -0.2) is 26.4 Å². The van der Waals surface area contributed by atoms with E-state index in [1.54, 1.807) is 41.0 Å². The minimum Gasteiger partial charge on any atom is -0.483 e. The number of aromatic nitrogens is 3. The Kier molecular flexibility index (Phi) is 7.48. The summed E-state index contributed by atoms with van der Waals surface area (Å²) < 4.78 is 21.0. The quantitative estimate of drug-likeness (QED) is 0.375. The van der Waals surface area contributed by atoms with E-state index < -0.39 is 5.82 Å². The number of nitrogens with zero attached hydrogens (tertiary/aromatic N) is 3. The van der Waals surface area contributed by atoms with E-state index in [2.05, 4.69) is 22.1 Å². The standard InChI is InChI=1S/C21H20ClFN4O2S/c1-3-10-27-19(12-29-18-7-5-4-6-16(18)23)25-26-21(27)30-13-20(28)24-17-11-15(22)9-8-14(17)2/h3-9,11H,1,10,12-13H2,2H3,(H,24,28). The van der Waals surface area contributed by atoms with Crippen LogP contribution in [0.1, 0.15) is 11.4 Å². The van der Waals surface area contributed by atoms with Crippen LogP contribution >= 0.6 is 23.4 Å². The van der Waals surface area contributed by atoms with Crippen molar-refractivity contribution in [3.8, 4) is 5.75 Å². The first-order valence-corrected chi connectivity index (χ1v) is 10.4. The molecule has 3 rings (SSSR count). The first kappa shape index (κ1) is 21.9. The Hall–Kier alpha value is -2.84. The number of thioether (sulfide) groups is 1. The van der Waals surface area contributed by atoms with Gasteiger partial charge in [-0.05, 0) is 36.8 Å². The number of amides is 1. The predicted molar refractivity (Wildman–Crippen MR) is 116 cm³/mol. The van der Waals surface area contributed by atoms with Crippen LogP contribution in [0.4, 0.5) is 10.1 Å². The van der Waals surface area contributed by atoms with E-state index in [1.807, 2.05) is 13.0 Å². The van der Waals surface area contributed by atoms with Gasteiger partial charge in [0.2, 0.25) is 5.91 Å². The number of ether oxygens (including phenoxy) is 1. The topological polar surface area (TPSA) is 69.0 Å². The molecule has 0 fully saturated rings. The Morgan fingerprint density at radius 3 is 2.90 bits per heavy atom. The van der Waals surface area contributed by atoms with Crippen LogP contribution in [0.25, 0.3) is 0 Å². The maximum Gasteiger partial charge on any atom is 0.234 e. The van der Waals surface area contributed by atoms with Gasteiger partial charge in [0.15, 0.2) is 22.5 Å². The number of hydrogen-bond acceptors (Lipinski definition) is 5. The van der Waals surface area contributed by atoms with E-state index >= 15 is 0 Å². The molecule has 0 saturated heterocycles. The molecule has 1 N–H and O–H groups in total. The maximum absolute atomic E-state index is 13.7. The lowest BCUT2D eigenvalue weighted by atomic mass is 10.2. The van der Waals surface area contributed by atoms with Gasteiger partial charge in [0.05, 0.1) is 5.75 Å². The second-order valence-electron chi connectivity index (χ2n) is 6.31. The van der Waals surface area contributed by atoms with Gasteiger partial charge in [0.1, 0.15) is 6.61 Å². The van der Waals surface area contributed by atoms with Crippen LogP contribution in [-0.2, 0) is 17.9 Å². The molecule has 0 bridgehead atoms. The van der Waals surface area contributed by atoms with Gasteiger partial charge in [-0.25, -0.2) is 4.39 Å². The fourth-order valence-electron chi connectivity index (χ4n) is 2.59. The Morgan fingerprint density at radius 1 is 1.33 bits per heavy atom. The molecule has 0 unspecified atom stereocenters. The molecule has 1 aromatic heterocycles. The lowest BCUT2D eigenvalue weighted by Gasteiger charge is -2.10. The third-order valence-corrected chi connectivity index (χ3v) is 5.31. The monoisotopic (exact) mass is 446 g/mol. The van der Waals surface area contributed by atoms with E-state index in [0.717, 1.165) is 5.56 Å². The van der Waals surface area contributed by atoms with E-state index in [9.17, 15) is 9.18 Å². The average Bonchev–Trinajstić information content (AvgIpc) is 3.10. The Labute approximate surface area is 183 Å². The van der Waals surface area contributed by atoms with Crippen molar-refractivity contribution in [2.75, 3.05) is 11.1 Å². The molecule has 0 radical (unpaired) electrons. The van der Waals surface area contributed by atoms with Gasteiger partial charge in [0, 0.05) is 17.3 Å². The van der Waals surface area contributed by atoms with Crippen LogP contribution in [0.5, 0.6) is 5.75 Å². The molecule has 0 aliphatic carbocycles. The number of halogens is 2. The molecule has 0 aliphatic heterocycles. The Morgan fingerprint density at radius 2 is 2.13 bits per heavy atom. The molecule has 156 valence electrons. The highest BCUT2D eigenvalue weighted by atomic mass is 35.5. The zero-order chi connectivity index (χ0) is 21.5. The number of allylic oxidation sites excluding steroid dienone is 1. The summed E-state index contributed by atoms with van der Waals surface area (Å²) in [6.07, 6.45) is 1.69. The third-order valence-electron chi connectivity index (χ3n) is 4.10. The minimum atomic E-state index is -0.449. The summed E-state index contributed by atoms with van der Waals surface area (Å²) in [7, 11) is 0. The van der Waals surface area contributed by atoms with Gasteiger partial charge < -0.3 is 10.1 Å². The number of nitrogens with one attached hydrogen (secondary N) is 1. The van der Waals surface area contributed by atoms with Crippen LogP contribution in [0.15, 0.2) is 60.3 Å². The molecular formula is C21H20ClFN4O2S. The molecule has 6 nitrogen and oxygen atoms in total. The summed E-state index contributed by atoms with van der Waals surface area (Å²) in [5.74, 6) is 0.135. The third kappa shape index (κ3) is 5.61. The molecule has 0 atom stereocenters. The summed E-state index contributed by atoms with van der Waals surface area (Å²) in [6, 6.07) is 11.5. The van der Waals surface area contributed by atoms with Crippen molar-refractivity contribution < 1.29 is 13.9 Å². The van der Waals surface area contributed by atoms with Crippen molar-refractivity contribution in [3.63, 3.8) is 0 Å². The first-order valence-electron chi connectivity index (χ1n) is 9.07. The van der Waals surface area contributed by atoms with Crippen molar-refractivity contribution >= 4 is 35.0 Å². The minimum absolute atomic E-state index is 0.0379. The van der Waals surface area contributed by atoms with Crippen molar-refractivity contribution in [3.05, 3.63) is 77.3 Å². The molecule has 1 heterocycles. The SMILES string of the molecule is C=CCn1c(COc2ccccc2F)nnc1SCC(=O)Nc1cc(Cl)ccc1C. The zero-order valence-electron chi connectivity index (χ0n) is 16.3. The zero-order valence-corrected chi connectivity index (χ0v) is 17.8. The highest BCUT2D eigenvalue weighted by Gasteiger charge is 2.15. The number of hydrogen-bond donors (Lipinski definition) is 1. The van der Waals surface area contributed by atoms with Crippen LogP contribution in [0, 0.1) is 12.7 Å². The van der Waals surface area contributed by atoms with E-state index in [4.69, 9.17) is 16.3 Å². The summed E-state index contributed by atoms with van der Waals surface area (Å²) >= 11 is 7.23. The van der Waals surface area contributed by atoms with Crippen LogP contribution in [0.2, 0.25) is 5.02 Å². The van der Waals surface area contributed by atoms with Gasteiger partial charge in [-0.1, -0.05) is 47.6 Å². The highest BCUT2D eigenvalue weighted by Crippen LogP contribution is 2.23.